The van der Waals surface area contributed by atoms with E-state index in [1.165, 1.54) is 94.9 Å². The fourth-order valence-corrected chi connectivity index (χ4v) is 12.8. The molecule has 9 aromatic carbocycles. The average molecular weight is 962 g/mol. The Bertz CT molecular complexity index is 3580. The first kappa shape index (κ1) is 47.4. The second-order valence-corrected chi connectivity index (χ2v) is 24.6. The lowest BCUT2D eigenvalue weighted by molar-refractivity contribution is 0.403. The first-order chi connectivity index (χ1) is 35.4. The van der Waals surface area contributed by atoms with Gasteiger partial charge in [0.05, 0.1) is 5.69 Å². The van der Waals surface area contributed by atoms with E-state index < -0.39 is 0 Å². The normalized spacial score (nSPS) is 15.0. The average Bonchev–Trinajstić information content (AvgIpc) is 3.57. The molecule has 0 saturated carbocycles. The molecule has 0 aromatic heterocycles. The molecule has 0 unspecified atom stereocenters. The molecule has 0 saturated heterocycles. The van der Waals surface area contributed by atoms with E-state index in [9.17, 15) is 0 Å². The van der Waals surface area contributed by atoms with Gasteiger partial charge in [0.1, 0.15) is 0 Å². The van der Waals surface area contributed by atoms with Gasteiger partial charge < -0.3 is 14.7 Å². The summed E-state index contributed by atoms with van der Waals surface area (Å²) in [6, 6.07) is 75.7. The van der Waals surface area contributed by atoms with E-state index in [2.05, 4.69) is 291 Å². The van der Waals surface area contributed by atoms with Crippen LogP contribution in [0.25, 0.3) is 22.3 Å². The molecule has 0 amide bonds. The molecule has 2 heterocycles. The van der Waals surface area contributed by atoms with Crippen molar-refractivity contribution < 1.29 is 0 Å². The number of aryl methyl sites for hydroxylation is 1. The summed E-state index contributed by atoms with van der Waals surface area (Å²) < 4.78 is 0. The molecule has 0 atom stereocenters. The minimum Gasteiger partial charge on any atom is -0.311 e. The molecule has 366 valence electrons. The largest absolute Gasteiger partial charge is 0.311 e. The van der Waals surface area contributed by atoms with Crippen LogP contribution in [0, 0.1) is 6.92 Å². The maximum Gasteiger partial charge on any atom is 0.252 e. The minimum atomic E-state index is -0.179. The van der Waals surface area contributed by atoms with Gasteiger partial charge in [0.25, 0.3) is 6.71 Å². The number of hydrogen-bond donors (Lipinski definition) is 0. The van der Waals surface area contributed by atoms with E-state index >= 15 is 0 Å². The molecule has 0 radical (unpaired) electrons. The Balaban J connectivity index is 1.23. The molecule has 3 aliphatic rings. The molecular formula is C70H68BN3. The Hall–Kier alpha value is -7.56. The Morgan fingerprint density at radius 3 is 1.51 bits per heavy atom. The zero-order valence-electron chi connectivity index (χ0n) is 45.2. The number of hydrogen-bond acceptors (Lipinski definition) is 3. The van der Waals surface area contributed by atoms with Crippen LogP contribution in [0.5, 0.6) is 0 Å². The SMILES string of the molecule is Cc1ccc(-c2ccccc2)cc1N1c2cc3c(cc2B2c4ccc(N(c5ccccc5)c5ccccc5)cc4N(c4ccc(C(C)(C)C)cc4-c4ccccc4)c4cc(C(C)(C)C)cc1c42)C(C)(C)CC3(C)C. The predicted octanol–water partition coefficient (Wildman–Crippen LogP) is 17.4. The van der Waals surface area contributed by atoms with Gasteiger partial charge in [-0.15, -0.1) is 0 Å². The molecule has 74 heavy (non-hydrogen) atoms. The number of para-hydroxylation sites is 2. The summed E-state index contributed by atoms with van der Waals surface area (Å²) in [6.45, 7) is 26.2. The van der Waals surface area contributed by atoms with Crippen LogP contribution in [0.4, 0.5) is 51.2 Å². The van der Waals surface area contributed by atoms with Gasteiger partial charge in [0, 0.05) is 51.1 Å². The second-order valence-electron chi connectivity index (χ2n) is 24.6. The zero-order valence-corrected chi connectivity index (χ0v) is 45.2. The van der Waals surface area contributed by atoms with Gasteiger partial charge in [-0.25, -0.2) is 0 Å². The van der Waals surface area contributed by atoms with Crippen molar-refractivity contribution in [1.82, 2.24) is 0 Å². The summed E-state index contributed by atoms with van der Waals surface area (Å²) in [6.07, 6.45) is 1.09. The van der Waals surface area contributed by atoms with Gasteiger partial charge >= 0.3 is 0 Å². The van der Waals surface area contributed by atoms with Crippen molar-refractivity contribution in [2.75, 3.05) is 14.7 Å². The summed E-state index contributed by atoms with van der Waals surface area (Å²) in [5.41, 5.74) is 26.0. The lowest BCUT2D eigenvalue weighted by Gasteiger charge is -2.46. The number of benzene rings is 9. The summed E-state index contributed by atoms with van der Waals surface area (Å²) in [4.78, 5) is 7.75. The van der Waals surface area contributed by atoms with Crippen LogP contribution >= 0.6 is 0 Å². The lowest BCUT2D eigenvalue weighted by Crippen LogP contribution is -2.61. The van der Waals surface area contributed by atoms with Gasteiger partial charge in [-0.3, -0.25) is 0 Å². The molecule has 12 rings (SSSR count). The van der Waals surface area contributed by atoms with Gasteiger partial charge in [-0.2, -0.15) is 0 Å². The highest BCUT2D eigenvalue weighted by molar-refractivity contribution is 7.00. The maximum atomic E-state index is 2.67. The van der Waals surface area contributed by atoms with Gasteiger partial charge in [0.15, 0.2) is 0 Å². The standard InChI is InChI=1S/C70H68BN3/c1-46-32-33-49(47-24-16-12-17-25-47)38-61(46)74-63-44-57-56(69(8,9)45-70(57,10)11)43-59(63)71-58-36-35-54(72(52-28-20-14-21-29-52)53-30-22-15-23-31-53)42-62(58)73(64-40-51(68(5,6)7)41-65(74)66(64)71)60-37-34-50(67(2,3)4)39-55(60)48-26-18-13-19-27-48/h12-44H,45H2,1-11H3. The van der Waals surface area contributed by atoms with E-state index in [0.717, 1.165) is 29.2 Å². The van der Waals surface area contributed by atoms with E-state index in [4.69, 9.17) is 0 Å². The third-order valence-corrected chi connectivity index (χ3v) is 16.4. The summed E-state index contributed by atoms with van der Waals surface area (Å²) in [5.74, 6) is 0. The minimum absolute atomic E-state index is 0.000319. The Kier molecular flexibility index (Phi) is 11.1. The van der Waals surface area contributed by atoms with Crippen LogP contribution < -0.4 is 31.1 Å². The topological polar surface area (TPSA) is 9.72 Å². The second kappa shape index (κ2) is 17.3. The summed E-state index contributed by atoms with van der Waals surface area (Å²) >= 11 is 0. The number of fused-ring (bicyclic) bond motifs is 5. The molecular weight excluding hydrogens is 894 g/mol. The first-order valence-corrected chi connectivity index (χ1v) is 26.8. The van der Waals surface area contributed by atoms with Gasteiger partial charge in [0.2, 0.25) is 0 Å². The molecule has 0 bridgehead atoms. The molecule has 4 heteroatoms. The van der Waals surface area contributed by atoms with E-state index in [1.807, 2.05) is 0 Å². The Labute approximate surface area is 441 Å². The third-order valence-electron chi connectivity index (χ3n) is 16.4. The zero-order chi connectivity index (χ0) is 51.5. The van der Waals surface area contributed by atoms with Crippen molar-refractivity contribution in [3.63, 3.8) is 0 Å². The van der Waals surface area contributed by atoms with Crippen molar-refractivity contribution in [1.29, 1.82) is 0 Å². The molecule has 9 aromatic rings. The third kappa shape index (κ3) is 7.88. The Morgan fingerprint density at radius 2 is 0.932 bits per heavy atom. The lowest BCUT2D eigenvalue weighted by atomic mass is 9.33. The highest BCUT2D eigenvalue weighted by atomic mass is 15.2. The Morgan fingerprint density at radius 1 is 0.405 bits per heavy atom. The van der Waals surface area contributed by atoms with Crippen LogP contribution in [-0.2, 0) is 21.7 Å². The molecule has 2 aliphatic heterocycles. The van der Waals surface area contributed by atoms with Crippen molar-refractivity contribution in [2.24, 2.45) is 0 Å². The molecule has 0 fully saturated rings. The van der Waals surface area contributed by atoms with Crippen LogP contribution in [0.15, 0.2) is 200 Å². The quantitative estimate of drug-likeness (QED) is 0.147. The number of nitrogens with zero attached hydrogens (tertiary/aromatic N) is 3. The van der Waals surface area contributed by atoms with E-state index in [0.29, 0.717) is 0 Å². The fraction of sp³-hybridized carbons (Fsp3) is 0.229. The van der Waals surface area contributed by atoms with Crippen LogP contribution in [0.3, 0.4) is 0 Å². The predicted molar refractivity (Wildman–Crippen MR) is 319 cm³/mol. The van der Waals surface area contributed by atoms with Crippen molar-refractivity contribution in [3.05, 3.63) is 228 Å². The number of anilines is 9. The summed E-state index contributed by atoms with van der Waals surface area (Å²) in [5, 5.41) is 0. The highest BCUT2D eigenvalue weighted by Crippen LogP contribution is 2.54. The van der Waals surface area contributed by atoms with Crippen molar-refractivity contribution in [2.45, 2.75) is 104 Å². The van der Waals surface area contributed by atoms with Crippen LogP contribution in [-0.4, -0.2) is 6.71 Å². The van der Waals surface area contributed by atoms with E-state index in [1.54, 1.807) is 0 Å². The fourth-order valence-electron chi connectivity index (χ4n) is 12.8. The van der Waals surface area contributed by atoms with Crippen LogP contribution in [0.2, 0.25) is 0 Å². The maximum absolute atomic E-state index is 2.67. The molecule has 0 spiro atoms. The van der Waals surface area contributed by atoms with Gasteiger partial charge in [-0.1, -0.05) is 197 Å². The summed E-state index contributed by atoms with van der Waals surface area (Å²) in [7, 11) is 0. The molecule has 3 nitrogen and oxygen atoms in total. The van der Waals surface area contributed by atoms with E-state index in [-0.39, 0.29) is 28.4 Å². The van der Waals surface area contributed by atoms with Crippen molar-refractivity contribution >= 4 is 74.3 Å². The van der Waals surface area contributed by atoms with Crippen molar-refractivity contribution in [3.8, 4) is 22.3 Å². The molecule has 1 aliphatic carbocycles. The molecule has 0 N–H and O–H groups in total. The van der Waals surface area contributed by atoms with Gasteiger partial charge in [-0.05, 0) is 169 Å². The highest BCUT2D eigenvalue weighted by Gasteiger charge is 2.49. The first-order valence-electron chi connectivity index (χ1n) is 26.8. The smallest absolute Gasteiger partial charge is 0.252 e. The van der Waals surface area contributed by atoms with Crippen LogP contribution in [0.1, 0.15) is 103 Å². The number of rotatable bonds is 7. The monoisotopic (exact) mass is 962 g/mol.